The molecule has 0 spiro atoms. The number of nitrogens with one attached hydrogen (secondary N) is 1. The van der Waals surface area contributed by atoms with Gasteiger partial charge in [0, 0.05) is 19.0 Å². The molecule has 2 amide bonds. The first-order chi connectivity index (χ1) is 12.8. The van der Waals surface area contributed by atoms with Crippen molar-refractivity contribution in [3.63, 3.8) is 0 Å². The molecular weight excluding hydrogens is 336 g/mol. The highest BCUT2D eigenvalue weighted by Gasteiger charge is 2.48. The first-order valence-corrected chi connectivity index (χ1v) is 10.5. The lowest BCUT2D eigenvalue weighted by atomic mass is 9.77. The number of hydrogen-bond acceptors (Lipinski definition) is 2. The highest BCUT2D eigenvalue weighted by atomic mass is 16.2. The maximum Gasteiger partial charge on any atom is 0.245 e. The maximum atomic E-state index is 13.2. The van der Waals surface area contributed by atoms with Crippen LogP contribution in [0, 0.1) is 11.8 Å². The molecular formula is C23H34N2O2. The van der Waals surface area contributed by atoms with Gasteiger partial charge in [-0.2, -0.15) is 0 Å². The topological polar surface area (TPSA) is 49.4 Å². The first kappa shape index (κ1) is 19.9. The van der Waals surface area contributed by atoms with Gasteiger partial charge in [0.2, 0.25) is 11.8 Å². The third-order valence-electron chi connectivity index (χ3n) is 7.01. The van der Waals surface area contributed by atoms with Crippen molar-refractivity contribution in [2.75, 3.05) is 0 Å². The third kappa shape index (κ3) is 4.04. The molecule has 1 N–H and O–H groups in total. The Morgan fingerprint density at radius 3 is 2.52 bits per heavy atom. The molecule has 0 radical (unpaired) electrons. The summed E-state index contributed by atoms with van der Waals surface area (Å²) in [7, 11) is 0. The van der Waals surface area contributed by atoms with Gasteiger partial charge in [-0.05, 0) is 49.1 Å². The summed E-state index contributed by atoms with van der Waals surface area (Å²) in [5.74, 6) is 1.22. The maximum absolute atomic E-state index is 13.2. The van der Waals surface area contributed by atoms with Gasteiger partial charge >= 0.3 is 0 Å². The molecule has 0 aromatic heterocycles. The van der Waals surface area contributed by atoms with Crippen molar-refractivity contribution in [3.05, 3.63) is 35.4 Å². The normalized spacial score (nSPS) is 31.2. The fourth-order valence-corrected chi connectivity index (χ4v) is 4.57. The van der Waals surface area contributed by atoms with E-state index in [1.165, 1.54) is 18.4 Å². The van der Waals surface area contributed by atoms with Crippen LogP contribution in [0.1, 0.15) is 70.9 Å². The van der Waals surface area contributed by atoms with Crippen LogP contribution in [0.5, 0.6) is 0 Å². The van der Waals surface area contributed by atoms with Crippen molar-refractivity contribution in [2.24, 2.45) is 11.8 Å². The fourth-order valence-electron chi connectivity index (χ4n) is 4.57. The number of carbonyl (C=O) groups is 2. The Kier molecular flexibility index (Phi) is 5.92. The van der Waals surface area contributed by atoms with E-state index < -0.39 is 5.54 Å². The number of rotatable bonds is 5. The van der Waals surface area contributed by atoms with Crippen molar-refractivity contribution >= 4 is 11.8 Å². The van der Waals surface area contributed by atoms with Crippen molar-refractivity contribution < 1.29 is 9.59 Å². The lowest BCUT2D eigenvalue weighted by Crippen LogP contribution is -2.57. The monoisotopic (exact) mass is 370 g/mol. The highest BCUT2D eigenvalue weighted by molar-refractivity contribution is 5.94. The van der Waals surface area contributed by atoms with Gasteiger partial charge in [0.25, 0.3) is 0 Å². The average molecular weight is 371 g/mol. The Hall–Kier alpha value is -1.84. The van der Waals surface area contributed by atoms with Crippen LogP contribution in [0.25, 0.3) is 0 Å². The Morgan fingerprint density at radius 2 is 1.85 bits per heavy atom. The van der Waals surface area contributed by atoms with Gasteiger partial charge in [-0.1, -0.05) is 57.9 Å². The summed E-state index contributed by atoms with van der Waals surface area (Å²) in [6.07, 6.45) is 5.50. The van der Waals surface area contributed by atoms with Crippen LogP contribution in [0.15, 0.2) is 24.3 Å². The van der Waals surface area contributed by atoms with Gasteiger partial charge in [0.05, 0.1) is 0 Å². The average Bonchev–Trinajstić information content (AvgIpc) is 2.95. The molecule has 2 aliphatic rings. The van der Waals surface area contributed by atoms with Gasteiger partial charge in [0.15, 0.2) is 0 Å². The zero-order valence-corrected chi connectivity index (χ0v) is 17.3. The van der Waals surface area contributed by atoms with Crippen LogP contribution in [-0.4, -0.2) is 28.3 Å². The molecule has 4 nitrogen and oxygen atoms in total. The third-order valence-corrected chi connectivity index (χ3v) is 7.01. The van der Waals surface area contributed by atoms with Crippen LogP contribution in [0.4, 0.5) is 0 Å². The minimum absolute atomic E-state index is 0.0180. The lowest BCUT2D eigenvalue weighted by Gasteiger charge is -2.39. The van der Waals surface area contributed by atoms with E-state index >= 15 is 0 Å². The minimum Gasteiger partial charge on any atom is -0.351 e. The largest absolute Gasteiger partial charge is 0.351 e. The van der Waals surface area contributed by atoms with Gasteiger partial charge in [0.1, 0.15) is 5.54 Å². The number of likely N-dealkylation sites (tertiary alicyclic amines) is 1. The summed E-state index contributed by atoms with van der Waals surface area (Å²) in [6.45, 7) is 9.08. The Morgan fingerprint density at radius 1 is 1.19 bits per heavy atom. The lowest BCUT2D eigenvalue weighted by molar-refractivity contribution is -0.142. The second kappa shape index (κ2) is 8.04. The Labute approximate surface area is 163 Å². The predicted octanol–water partition coefficient (Wildman–Crippen LogP) is 4.07. The van der Waals surface area contributed by atoms with Crippen LogP contribution < -0.4 is 5.32 Å². The van der Waals surface area contributed by atoms with Crippen molar-refractivity contribution in [1.82, 2.24) is 10.2 Å². The summed E-state index contributed by atoms with van der Waals surface area (Å²) >= 11 is 0. The van der Waals surface area contributed by atoms with Crippen LogP contribution in [0.2, 0.25) is 0 Å². The molecule has 1 aliphatic heterocycles. The highest BCUT2D eigenvalue weighted by Crippen LogP contribution is 2.34. The number of aryl methyl sites for hydroxylation is 1. The van der Waals surface area contributed by atoms with E-state index in [2.05, 4.69) is 50.4 Å². The summed E-state index contributed by atoms with van der Waals surface area (Å²) in [5.41, 5.74) is 1.62. The van der Waals surface area contributed by atoms with E-state index in [0.29, 0.717) is 31.2 Å². The van der Waals surface area contributed by atoms with Crippen molar-refractivity contribution in [2.45, 2.75) is 84.3 Å². The van der Waals surface area contributed by atoms with Gasteiger partial charge < -0.3 is 10.2 Å². The van der Waals surface area contributed by atoms with E-state index in [0.717, 1.165) is 18.4 Å². The summed E-state index contributed by atoms with van der Waals surface area (Å²) in [6, 6.07) is 8.59. The number of hydrogen-bond donors (Lipinski definition) is 1. The van der Waals surface area contributed by atoms with E-state index in [9.17, 15) is 9.59 Å². The number of amides is 2. The zero-order chi connectivity index (χ0) is 19.6. The molecule has 0 unspecified atom stereocenters. The van der Waals surface area contributed by atoms with E-state index in [4.69, 9.17) is 0 Å². The number of nitrogens with zero attached hydrogens (tertiary/aromatic N) is 1. The van der Waals surface area contributed by atoms with E-state index in [-0.39, 0.29) is 17.9 Å². The van der Waals surface area contributed by atoms with Crippen LogP contribution in [0.3, 0.4) is 0 Å². The SMILES string of the molecule is CCc1ccc(CN2C(=O)CC[C@]2(C)C(=O)N[C@@H]2CCC[C@@H](C)[C@H]2C)cc1. The molecule has 148 valence electrons. The molecule has 1 aromatic rings. The molecule has 1 heterocycles. The standard InChI is InChI=1S/C23H34N2O2/c1-5-18-9-11-19(12-10-18)15-25-21(26)13-14-23(25,4)22(27)24-20-8-6-7-16(2)17(20)3/h9-12,16-17,20H,5-8,13-15H2,1-4H3,(H,24,27)/t16-,17-,20-,23-/m1/s1. The molecule has 1 aliphatic carbocycles. The Bertz CT molecular complexity index is 684. The molecule has 0 bridgehead atoms. The molecule has 4 atom stereocenters. The molecule has 4 heteroatoms. The Balaban J connectivity index is 1.73. The molecule has 27 heavy (non-hydrogen) atoms. The second-order valence-corrected chi connectivity index (χ2v) is 8.77. The second-order valence-electron chi connectivity index (χ2n) is 8.77. The summed E-state index contributed by atoms with van der Waals surface area (Å²) in [4.78, 5) is 27.6. The fraction of sp³-hybridized carbons (Fsp3) is 0.652. The summed E-state index contributed by atoms with van der Waals surface area (Å²) in [5, 5.41) is 3.30. The van der Waals surface area contributed by atoms with Gasteiger partial charge in [-0.3, -0.25) is 9.59 Å². The van der Waals surface area contributed by atoms with Crippen LogP contribution in [-0.2, 0) is 22.6 Å². The minimum atomic E-state index is -0.749. The number of benzene rings is 1. The zero-order valence-electron chi connectivity index (χ0n) is 17.3. The predicted molar refractivity (Wildman–Crippen MR) is 108 cm³/mol. The van der Waals surface area contributed by atoms with E-state index in [1.54, 1.807) is 4.90 Å². The van der Waals surface area contributed by atoms with Crippen molar-refractivity contribution in [1.29, 1.82) is 0 Å². The quantitative estimate of drug-likeness (QED) is 0.849. The number of carbonyl (C=O) groups excluding carboxylic acids is 2. The molecule has 2 fully saturated rings. The van der Waals surface area contributed by atoms with Crippen LogP contribution >= 0.6 is 0 Å². The van der Waals surface area contributed by atoms with Gasteiger partial charge in [-0.15, -0.1) is 0 Å². The molecule has 1 saturated heterocycles. The van der Waals surface area contributed by atoms with Crippen molar-refractivity contribution in [3.8, 4) is 0 Å². The smallest absolute Gasteiger partial charge is 0.245 e. The van der Waals surface area contributed by atoms with Gasteiger partial charge in [-0.25, -0.2) is 0 Å². The molecule has 1 saturated carbocycles. The summed E-state index contributed by atoms with van der Waals surface area (Å²) < 4.78 is 0. The van der Waals surface area contributed by atoms with E-state index in [1.807, 2.05) is 6.92 Å². The molecule has 1 aromatic carbocycles. The first-order valence-electron chi connectivity index (χ1n) is 10.5. The molecule has 3 rings (SSSR count).